The Kier molecular flexibility index (Phi) is 4.83. The molecule has 0 radical (unpaired) electrons. The zero-order valence-corrected chi connectivity index (χ0v) is 10.3. The van der Waals surface area contributed by atoms with Gasteiger partial charge in [-0.1, -0.05) is 12.1 Å². The first-order chi connectivity index (χ1) is 8.40. The lowest BCUT2D eigenvalue weighted by molar-refractivity contribution is 0.312. The van der Waals surface area contributed by atoms with Crippen LogP contribution in [-0.2, 0) is 0 Å². The molecule has 0 aliphatic carbocycles. The summed E-state index contributed by atoms with van der Waals surface area (Å²) in [5.74, 6) is 1.61. The highest BCUT2D eigenvalue weighted by Gasteiger charge is 2.15. The van der Waals surface area contributed by atoms with Gasteiger partial charge in [-0.3, -0.25) is 0 Å². The fraction of sp³-hybridized carbons (Fsp3) is 0.571. The van der Waals surface area contributed by atoms with Gasteiger partial charge in [0.1, 0.15) is 5.75 Å². The molecular formula is C14H22N2O. The maximum atomic E-state index is 5.68. The molecular weight excluding hydrogens is 212 g/mol. The molecule has 1 aliphatic heterocycles. The average molecular weight is 234 g/mol. The summed E-state index contributed by atoms with van der Waals surface area (Å²) in [5.41, 5.74) is 6.84. The SMILES string of the molecule is NCCCOc1cccc(C2CCCNC2)c1. The van der Waals surface area contributed by atoms with Crippen LogP contribution in [0.3, 0.4) is 0 Å². The highest BCUT2D eigenvalue weighted by Crippen LogP contribution is 2.26. The van der Waals surface area contributed by atoms with E-state index in [0.717, 1.165) is 25.3 Å². The van der Waals surface area contributed by atoms with Gasteiger partial charge in [0.15, 0.2) is 0 Å². The molecule has 3 heteroatoms. The molecule has 1 fully saturated rings. The van der Waals surface area contributed by atoms with Crippen molar-refractivity contribution in [1.82, 2.24) is 5.32 Å². The molecule has 1 aromatic rings. The van der Waals surface area contributed by atoms with E-state index in [0.29, 0.717) is 19.1 Å². The number of hydrogen-bond donors (Lipinski definition) is 2. The number of hydrogen-bond acceptors (Lipinski definition) is 3. The Morgan fingerprint density at radius 1 is 1.41 bits per heavy atom. The summed E-state index contributed by atoms with van der Waals surface area (Å²) in [6, 6.07) is 8.49. The van der Waals surface area contributed by atoms with Crippen LogP contribution in [0.2, 0.25) is 0 Å². The largest absolute Gasteiger partial charge is 0.494 e. The summed E-state index contributed by atoms with van der Waals surface area (Å²) in [4.78, 5) is 0. The van der Waals surface area contributed by atoms with Crippen molar-refractivity contribution >= 4 is 0 Å². The van der Waals surface area contributed by atoms with Gasteiger partial charge in [0.25, 0.3) is 0 Å². The summed E-state index contributed by atoms with van der Waals surface area (Å²) in [5, 5.41) is 3.45. The number of nitrogens with one attached hydrogen (secondary N) is 1. The van der Waals surface area contributed by atoms with Gasteiger partial charge in [-0.05, 0) is 56.0 Å². The van der Waals surface area contributed by atoms with E-state index in [2.05, 4.69) is 23.5 Å². The molecule has 0 bridgehead atoms. The van der Waals surface area contributed by atoms with Crippen LogP contribution < -0.4 is 15.8 Å². The monoisotopic (exact) mass is 234 g/mol. The van der Waals surface area contributed by atoms with Gasteiger partial charge in [0.2, 0.25) is 0 Å². The second-order valence-electron chi connectivity index (χ2n) is 4.61. The number of piperidine rings is 1. The minimum atomic E-state index is 0.641. The third-order valence-electron chi connectivity index (χ3n) is 3.24. The van der Waals surface area contributed by atoms with E-state index in [1.807, 2.05) is 6.07 Å². The van der Waals surface area contributed by atoms with E-state index in [1.54, 1.807) is 0 Å². The second kappa shape index (κ2) is 6.62. The van der Waals surface area contributed by atoms with Crippen molar-refractivity contribution < 1.29 is 4.74 Å². The van der Waals surface area contributed by atoms with E-state index in [4.69, 9.17) is 10.5 Å². The lowest BCUT2D eigenvalue weighted by Crippen LogP contribution is -2.28. The molecule has 1 atom stereocenters. The quantitative estimate of drug-likeness (QED) is 0.765. The molecule has 0 amide bonds. The Labute approximate surface area is 103 Å². The molecule has 1 unspecified atom stereocenters. The van der Waals surface area contributed by atoms with Crippen molar-refractivity contribution in [3.8, 4) is 5.75 Å². The van der Waals surface area contributed by atoms with Crippen molar-refractivity contribution in [2.24, 2.45) is 5.73 Å². The molecule has 1 saturated heterocycles. The number of nitrogens with two attached hydrogens (primary N) is 1. The van der Waals surface area contributed by atoms with Crippen molar-refractivity contribution in [3.05, 3.63) is 29.8 Å². The third kappa shape index (κ3) is 3.72. The van der Waals surface area contributed by atoms with Crippen molar-refractivity contribution in [3.63, 3.8) is 0 Å². The zero-order chi connectivity index (χ0) is 11.9. The molecule has 3 N–H and O–H groups in total. The van der Waals surface area contributed by atoms with Gasteiger partial charge in [-0.2, -0.15) is 0 Å². The van der Waals surface area contributed by atoms with Crippen molar-refractivity contribution in [1.29, 1.82) is 0 Å². The predicted molar refractivity (Wildman–Crippen MR) is 70.5 cm³/mol. The van der Waals surface area contributed by atoms with E-state index >= 15 is 0 Å². The molecule has 2 rings (SSSR count). The molecule has 17 heavy (non-hydrogen) atoms. The first-order valence-electron chi connectivity index (χ1n) is 6.53. The summed E-state index contributed by atoms with van der Waals surface area (Å²) >= 11 is 0. The van der Waals surface area contributed by atoms with E-state index in [9.17, 15) is 0 Å². The van der Waals surface area contributed by atoms with Crippen LogP contribution in [-0.4, -0.2) is 26.2 Å². The lowest BCUT2D eigenvalue weighted by atomic mass is 9.92. The summed E-state index contributed by atoms with van der Waals surface area (Å²) in [6.07, 6.45) is 3.46. The fourth-order valence-electron chi connectivity index (χ4n) is 2.27. The van der Waals surface area contributed by atoms with Gasteiger partial charge < -0.3 is 15.8 Å². The predicted octanol–water partition coefficient (Wildman–Crippen LogP) is 1.88. The smallest absolute Gasteiger partial charge is 0.119 e. The maximum Gasteiger partial charge on any atom is 0.119 e. The number of ether oxygens (including phenoxy) is 1. The maximum absolute atomic E-state index is 5.68. The van der Waals surface area contributed by atoms with Crippen molar-refractivity contribution in [2.75, 3.05) is 26.2 Å². The second-order valence-corrected chi connectivity index (χ2v) is 4.61. The van der Waals surface area contributed by atoms with Crippen LogP contribution in [0.1, 0.15) is 30.7 Å². The lowest BCUT2D eigenvalue weighted by Gasteiger charge is -2.23. The Bertz CT molecular complexity index is 335. The third-order valence-corrected chi connectivity index (χ3v) is 3.24. The number of benzene rings is 1. The topological polar surface area (TPSA) is 47.3 Å². The van der Waals surface area contributed by atoms with Crippen LogP contribution >= 0.6 is 0 Å². The van der Waals surface area contributed by atoms with Gasteiger partial charge in [0.05, 0.1) is 6.61 Å². The Morgan fingerprint density at radius 3 is 3.12 bits per heavy atom. The van der Waals surface area contributed by atoms with Gasteiger partial charge in [0, 0.05) is 6.54 Å². The summed E-state index contributed by atoms with van der Waals surface area (Å²) in [6.45, 7) is 3.64. The highest BCUT2D eigenvalue weighted by molar-refractivity contribution is 5.31. The minimum absolute atomic E-state index is 0.641. The molecule has 1 aliphatic rings. The molecule has 0 spiro atoms. The van der Waals surface area contributed by atoms with E-state index in [1.165, 1.54) is 18.4 Å². The van der Waals surface area contributed by atoms with Gasteiger partial charge >= 0.3 is 0 Å². The molecule has 0 aromatic heterocycles. The van der Waals surface area contributed by atoms with E-state index in [-0.39, 0.29) is 0 Å². The molecule has 0 saturated carbocycles. The fourth-order valence-corrected chi connectivity index (χ4v) is 2.27. The Morgan fingerprint density at radius 2 is 2.35 bits per heavy atom. The normalized spacial score (nSPS) is 20.2. The number of rotatable bonds is 5. The highest BCUT2D eigenvalue weighted by atomic mass is 16.5. The van der Waals surface area contributed by atoms with Crippen LogP contribution in [0.25, 0.3) is 0 Å². The van der Waals surface area contributed by atoms with Crippen molar-refractivity contribution in [2.45, 2.75) is 25.2 Å². The first-order valence-corrected chi connectivity index (χ1v) is 6.53. The average Bonchev–Trinajstić information content (AvgIpc) is 2.41. The standard InChI is InChI=1S/C14H22N2O/c15-7-3-9-17-14-6-1-4-12(10-14)13-5-2-8-16-11-13/h1,4,6,10,13,16H,2-3,5,7-9,11,15H2. The summed E-state index contributed by atoms with van der Waals surface area (Å²) in [7, 11) is 0. The Hall–Kier alpha value is -1.06. The van der Waals surface area contributed by atoms with Crippen LogP contribution in [0.5, 0.6) is 5.75 Å². The summed E-state index contributed by atoms with van der Waals surface area (Å²) < 4.78 is 5.68. The van der Waals surface area contributed by atoms with Crippen LogP contribution in [0.15, 0.2) is 24.3 Å². The zero-order valence-electron chi connectivity index (χ0n) is 10.3. The first kappa shape index (κ1) is 12.4. The molecule has 94 valence electrons. The van der Waals surface area contributed by atoms with Crippen LogP contribution in [0, 0.1) is 0 Å². The minimum Gasteiger partial charge on any atom is -0.494 e. The van der Waals surface area contributed by atoms with E-state index < -0.39 is 0 Å². The molecule has 3 nitrogen and oxygen atoms in total. The Balaban J connectivity index is 1.95. The van der Waals surface area contributed by atoms with Gasteiger partial charge in [-0.25, -0.2) is 0 Å². The van der Waals surface area contributed by atoms with Gasteiger partial charge in [-0.15, -0.1) is 0 Å². The van der Waals surface area contributed by atoms with Crippen LogP contribution in [0.4, 0.5) is 0 Å². The molecule has 1 aromatic carbocycles. The molecule has 1 heterocycles.